The molecule has 0 radical (unpaired) electrons. The van der Waals surface area contributed by atoms with E-state index >= 15 is 0 Å². The van der Waals surface area contributed by atoms with Crippen LogP contribution < -0.4 is 5.32 Å². The molecular formula is C13H19F2N. The first-order valence-corrected chi connectivity index (χ1v) is 5.60. The van der Waals surface area contributed by atoms with E-state index in [1.165, 1.54) is 12.1 Å². The van der Waals surface area contributed by atoms with Gasteiger partial charge in [-0.15, -0.1) is 0 Å². The van der Waals surface area contributed by atoms with Gasteiger partial charge in [-0.3, -0.25) is 0 Å². The smallest absolute Gasteiger partial charge is 0.159 e. The van der Waals surface area contributed by atoms with Crippen molar-refractivity contribution in [3.05, 3.63) is 35.4 Å². The summed E-state index contributed by atoms with van der Waals surface area (Å²) < 4.78 is 25.9. The lowest BCUT2D eigenvalue weighted by molar-refractivity contribution is 0.345. The number of hydrogen-bond acceptors (Lipinski definition) is 1. The molecule has 0 saturated heterocycles. The second-order valence-corrected chi connectivity index (χ2v) is 4.71. The second kappa shape index (κ2) is 4.91. The quantitative estimate of drug-likeness (QED) is 0.829. The highest BCUT2D eigenvalue weighted by molar-refractivity contribution is 5.24. The molecule has 1 atom stereocenters. The van der Waals surface area contributed by atoms with Crippen LogP contribution in [0.15, 0.2) is 18.2 Å². The number of benzene rings is 1. The Balaban J connectivity index is 2.93. The van der Waals surface area contributed by atoms with Crippen LogP contribution in [0.25, 0.3) is 0 Å². The van der Waals surface area contributed by atoms with Crippen LogP contribution in [-0.4, -0.2) is 6.04 Å². The minimum absolute atomic E-state index is 0.336. The Morgan fingerprint density at radius 3 is 2.38 bits per heavy atom. The van der Waals surface area contributed by atoms with Gasteiger partial charge in [-0.2, -0.15) is 0 Å². The fraction of sp³-hybridized carbons (Fsp3) is 0.538. The van der Waals surface area contributed by atoms with Gasteiger partial charge >= 0.3 is 0 Å². The fourth-order valence-corrected chi connectivity index (χ4v) is 1.69. The van der Waals surface area contributed by atoms with Crippen LogP contribution in [0, 0.1) is 11.6 Å². The van der Waals surface area contributed by atoms with Crippen LogP contribution in [0.1, 0.15) is 39.7 Å². The molecule has 16 heavy (non-hydrogen) atoms. The molecular weight excluding hydrogens is 208 g/mol. The molecule has 3 heteroatoms. The van der Waals surface area contributed by atoms with Gasteiger partial charge in [0.25, 0.3) is 0 Å². The van der Waals surface area contributed by atoms with Crippen molar-refractivity contribution >= 4 is 0 Å². The van der Waals surface area contributed by atoms with Crippen molar-refractivity contribution in [2.75, 3.05) is 0 Å². The molecule has 0 aliphatic rings. The van der Waals surface area contributed by atoms with Crippen LogP contribution >= 0.6 is 0 Å². The van der Waals surface area contributed by atoms with Crippen molar-refractivity contribution in [3.63, 3.8) is 0 Å². The van der Waals surface area contributed by atoms with Crippen LogP contribution in [0.5, 0.6) is 0 Å². The third-order valence-corrected chi connectivity index (χ3v) is 2.86. The highest BCUT2D eigenvalue weighted by Crippen LogP contribution is 2.22. The molecule has 0 amide bonds. The van der Waals surface area contributed by atoms with E-state index in [2.05, 4.69) is 19.2 Å². The summed E-state index contributed by atoms with van der Waals surface area (Å²) in [6.07, 6.45) is 0.993. The van der Waals surface area contributed by atoms with Gasteiger partial charge in [0, 0.05) is 11.6 Å². The summed E-state index contributed by atoms with van der Waals surface area (Å²) in [6.45, 7) is 8.08. The molecule has 1 nitrogen and oxygen atoms in total. The highest BCUT2D eigenvalue weighted by atomic mass is 19.2. The summed E-state index contributed by atoms with van der Waals surface area (Å²) in [4.78, 5) is 0. The molecule has 1 N–H and O–H groups in total. The standard InChI is InChI=1S/C13H19F2N/c1-5-9(2)16-13(3,4)10-6-7-11(14)12(15)8-10/h6-9,16H,5H2,1-4H3. The van der Waals surface area contributed by atoms with Crippen LogP contribution in [0.3, 0.4) is 0 Å². The summed E-state index contributed by atoms with van der Waals surface area (Å²) in [5.74, 6) is -1.60. The molecule has 0 spiro atoms. The minimum atomic E-state index is -0.803. The SMILES string of the molecule is CCC(C)NC(C)(C)c1ccc(F)c(F)c1. The van der Waals surface area contributed by atoms with E-state index in [0.717, 1.165) is 12.0 Å². The summed E-state index contributed by atoms with van der Waals surface area (Å²) in [5, 5.41) is 3.38. The molecule has 0 aliphatic heterocycles. The second-order valence-electron chi connectivity index (χ2n) is 4.71. The van der Waals surface area contributed by atoms with Gasteiger partial charge in [0.15, 0.2) is 11.6 Å². The highest BCUT2D eigenvalue weighted by Gasteiger charge is 2.22. The van der Waals surface area contributed by atoms with Gasteiger partial charge in [-0.05, 0) is 44.9 Å². The Morgan fingerprint density at radius 2 is 1.88 bits per heavy atom. The normalized spacial score (nSPS) is 13.9. The zero-order valence-electron chi connectivity index (χ0n) is 10.3. The Bertz CT molecular complexity index is 361. The van der Waals surface area contributed by atoms with Crippen LogP contribution in [0.4, 0.5) is 8.78 Å². The van der Waals surface area contributed by atoms with Gasteiger partial charge in [-0.1, -0.05) is 13.0 Å². The molecule has 0 aromatic heterocycles. The largest absolute Gasteiger partial charge is 0.305 e. The van der Waals surface area contributed by atoms with E-state index in [-0.39, 0.29) is 5.54 Å². The first-order valence-electron chi connectivity index (χ1n) is 5.60. The number of hydrogen-bond donors (Lipinski definition) is 1. The van der Waals surface area contributed by atoms with Gasteiger partial charge in [0.2, 0.25) is 0 Å². The molecule has 0 heterocycles. The lowest BCUT2D eigenvalue weighted by Crippen LogP contribution is -2.42. The van der Waals surface area contributed by atoms with E-state index in [4.69, 9.17) is 0 Å². The van der Waals surface area contributed by atoms with E-state index in [9.17, 15) is 8.78 Å². The molecule has 1 aromatic carbocycles. The van der Waals surface area contributed by atoms with Crippen LogP contribution in [0.2, 0.25) is 0 Å². The average Bonchev–Trinajstić information content (AvgIpc) is 2.21. The maximum Gasteiger partial charge on any atom is 0.159 e. The fourth-order valence-electron chi connectivity index (χ4n) is 1.69. The Kier molecular flexibility index (Phi) is 4.03. The molecule has 90 valence electrons. The van der Waals surface area contributed by atoms with Gasteiger partial charge < -0.3 is 5.32 Å². The maximum atomic E-state index is 13.1. The van der Waals surface area contributed by atoms with Gasteiger partial charge in [0.05, 0.1) is 0 Å². The molecule has 1 unspecified atom stereocenters. The Morgan fingerprint density at radius 1 is 1.25 bits per heavy atom. The first kappa shape index (κ1) is 13.1. The lowest BCUT2D eigenvalue weighted by atomic mass is 9.93. The van der Waals surface area contributed by atoms with E-state index < -0.39 is 11.6 Å². The Hall–Kier alpha value is -0.960. The Labute approximate surface area is 95.9 Å². The molecule has 1 aromatic rings. The predicted molar refractivity (Wildman–Crippen MR) is 62.3 cm³/mol. The molecule has 1 rings (SSSR count). The summed E-state index contributed by atoms with van der Waals surface area (Å²) >= 11 is 0. The van der Waals surface area contributed by atoms with Gasteiger partial charge in [0.1, 0.15) is 0 Å². The molecule has 0 bridgehead atoms. The van der Waals surface area contributed by atoms with Crippen molar-refractivity contribution in [3.8, 4) is 0 Å². The van der Waals surface area contributed by atoms with Gasteiger partial charge in [-0.25, -0.2) is 8.78 Å². The minimum Gasteiger partial charge on any atom is -0.305 e. The monoisotopic (exact) mass is 227 g/mol. The maximum absolute atomic E-state index is 13.1. The predicted octanol–water partition coefficient (Wildman–Crippen LogP) is 3.59. The zero-order chi connectivity index (χ0) is 12.3. The average molecular weight is 227 g/mol. The van der Waals surface area contributed by atoms with E-state index in [1.54, 1.807) is 6.07 Å². The molecule has 0 fully saturated rings. The number of nitrogens with one attached hydrogen (secondary N) is 1. The van der Waals surface area contributed by atoms with Crippen molar-refractivity contribution in [2.45, 2.75) is 45.7 Å². The zero-order valence-corrected chi connectivity index (χ0v) is 10.3. The molecule has 0 saturated carbocycles. The van der Waals surface area contributed by atoms with Crippen molar-refractivity contribution in [1.82, 2.24) is 5.32 Å². The number of rotatable bonds is 4. The van der Waals surface area contributed by atoms with Crippen molar-refractivity contribution in [2.24, 2.45) is 0 Å². The van der Waals surface area contributed by atoms with Crippen LogP contribution in [-0.2, 0) is 5.54 Å². The molecule has 0 aliphatic carbocycles. The summed E-state index contributed by atoms with van der Waals surface area (Å²) in [6, 6.07) is 4.38. The van der Waals surface area contributed by atoms with E-state index in [1.807, 2.05) is 13.8 Å². The lowest BCUT2D eigenvalue weighted by Gasteiger charge is -2.30. The number of halogens is 2. The van der Waals surface area contributed by atoms with Crippen molar-refractivity contribution < 1.29 is 8.78 Å². The topological polar surface area (TPSA) is 12.0 Å². The first-order chi connectivity index (χ1) is 7.36. The summed E-state index contributed by atoms with van der Waals surface area (Å²) in [5.41, 5.74) is 0.399. The third-order valence-electron chi connectivity index (χ3n) is 2.86. The van der Waals surface area contributed by atoms with E-state index in [0.29, 0.717) is 6.04 Å². The van der Waals surface area contributed by atoms with Crippen molar-refractivity contribution in [1.29, 1.82) is 0 Å². The third kappa shape index (κ3) is 3.01. The summed E-state index contributed by atoms with van der Waals surface area (Å²) in [7, 11) is 0.